The van der Waals surface area contributed by atoms with Crippen molar-refractivity contribution in [3.63, 3.8) is 0 Å². The Morgan fingerprint density at radius 3 is 2.63 bits per heavy atom. The first-order valence-electron chi connectivity index (χ1n) is 9.56. The Labute approximate surface area is 159 Å². The number of hydrogen-bond donors (Lipinski definition) is 1. The first kappa shape index (κ1) is 19.0. The van der Waals surface area contributed by atoms with Crippen LogP contribution in [0.1, 0.15) is 45.4 Å². The number of nitrogens with zero attached hydrogens (tertiary/aromatic N) is 2. The maximum absolute atomic E-state index is 13.0. The number of para-hydroxylation sites is 1. The summed E-state index contributed by atoms with van der Waals surface area (Å²) < 4.78 is 0. The van der Waals surface area contributed by atoms with Crippen LogP contribution < -0.4 is 10.2 Å². The standard InChI is InChI=1S/C21H25N3O3/c1-2-17(22-14-13-15-9-5-3-6-10-15)18-19(25)23-21(27)24(20(18)26)16-11-7-4-8-12-16/h4,7-9,11-12,18H,2-3,5-6,10,13-14H2,1H3,(H,23,25,27). The van der Waals surface area contributed by atoms with E-state index in [9.17, 15) is 14.4 Å². The second kappa shape index (κ2) is 8.75. The maximum atomic E-state index is 13.0. The molecule has 6 heteroatoms. The van der Waals surface area contributed by atoms with E-state index in [0.29, 0.717) is 24.4 Å². The van der Waals surface area contributed by atoms with Crippen LogP contribution in [0.15, 0.2) is 47.0 Å². The van der Waals surface area contributed by atoms with Gasteiger partial charge in [0.15, 0.2) is 5.92 Å². The molecule has 1 unspecified atom stereocenters. The van der Waals surface area contributed by atoms with Gasteiger partial charge in [0.25, 0.3) is 5.91 Å². The van der Waals surface area contributed by atoms with Crippen molar-refractivity contribution in [2.75, 3.05) is 11.4 Å². The number of imide groups is 2. The van der Waals surface area contributed by atoms with Gasteiger partial charge in [0.1, 0.15) is 0 Å². The van der Waals surface area contributed by atoms with E-state index >= 15 is 0 Å². The largest absolute Gasteiger partial charge is 0.335 e. The van der Waals surface area contributed by atoms with Crippen LogP contribution in [0.2, 0.25) is 0 Å². The molecule has 1 heterocycles. The van der Waals surface area contributed by atoms with Gasteiger partial charge >= 0.3 is 6.03 Å². The second-order valence-electron chi connectivity index (χ2n) is 6.82. The summed E-state index contributed by atoms with van der Waals surface area (Å²) in [6.45, 7) is 2.44. The summed E-state index contributed by atoms with van der Waals surface area (Å²) in [5.74, 6) is -2.17. The summed E-state index contributed by atoms with van der Waals surface area (Å²) in [6, 6.07) is 7.92. The number of nitrogens with one attached hydrogen (secondary N) is 1. The molecule has 0 spiro atoms. The van der Waals surface area contributed by atoms with E-state index in [1.807, 2.05) is 6.92 Å². The van der Waals surface area contributed by atoms with E-state index in [4.69, 9.17) is 0 Å². The average Bonchev–Trinajstić information content (AvgIpc) is 2.68. The number of anilines is 1. The zero-order valence-corrected chi connectivity index (χ0v) is 15.6. The fraction of sp³-hybridized carbons (Fsp3) is 0.429. The van der Waals surface area contributed by atoms with Crippen molar-refractivity contribution in [3.8, 4) is 0 Å². The van der Waals surface area contributed by atoms with Crippen molar-refractivity contribution in [1.29, 1.82) is 0 Å². The number of hydrogen-bond acceptors (Lipinski definition) is 4. The summed E-state index contributed by atoms with van der Waals surface area (Å²) in [6.07, 6.45) is 8.31. The number of rotatable bonds is 6. The topological polar surface area (TPSA) is 78.8 Å². The highest BCUT2D eigenvalue weighted by molar-refractivity contribution is 6.35. The zero-order valence-electron chi connectivity index (χ0n) is 15.6. The van der Waals surface area contributed by atoms with Crippen molar-refractivity contribution in [1.82, 2.24) is 5.32 Å². The molecular formula is C21H25N3O3. The normalized spacial score (nSPS) is 21.1. The van der Waals surface area contributed by atoms with Crippen LogP contribution in [0, 0.1) is 5.92 Å². The molecule has 1 aliphatic carbocycles. The van der Waals surface area contributed by atoms with E-state index < -0.39 is 23.8 Å². The zero-order chi connectivity index (χ0) is 19.2. The smallest absolute Gasteiger partial charge is 0.292 e. The molecule has 0 radical (unpaired) electrons. The van der Waals surface area contributed by atoms with Crippen LogP contribution >= 0.6 is 0 Å². The summed E-state index contributed by atoms with van der Waals surface area (Å²) in [5.41, 5.74) is 2.38. The van der Waals surface area contributed by atoms with Crippen molar-refractivity contribution in [3.05, 3.63) is 42.0 Å². The first-order chi connectivity index (χ1) is 13.1. The molecule has 1 fully saturated rings. The predicted octanol–water partition coefficient (Wildman–Crippen LogP) is 3.63. The molecule has 1 atom stereocenters. The molecule has 4 amide bonds. The van der Waals surface area contributed by atoms with Crippen molar-refractivity contribution < 1.29 is 14.4 Å². The summed E-state index contributed by atoms with van der Waals surface area (Å²) in [4.78, 5) is 43.2. The average molecular weight is 367 g/mol. The third-order valence-electron chi connectivity index (χ3n) is 5.01. The van der Waals surface area contributed by atoms with Gasteiger partial charge in [0.2, 0.25) is 5.91 Å². The first-order valence-corrected chi connectivity index (χ1v) is 9.56. The third kappa shape index (κ3) is 4.32. The van der Waals surface area contributed by atoms with E-state index in [0.717, 1.165) is 24.2 Å². The van der Waals surface area contributed by atoms with E-state index in [1.165, 1.54) is 18.4 Å². The van der Waals surface area contributed by atoms with Gasteiger partial charge in [-0.2, -0.15) is 0 Å². The lowest BCUT2D eigenvalue weighted by Crippen LogP contribution is -2.60. The van der Waals surface area contributed by atoms with Gasteiger partial charge in [-0.25, -0.2) is 9.69 Å². The molecule has 0 saturated carbocycles. The quantitative estimate of drug-likeness (QED) is 0.474. The van der Waals surface area contributed by atoms with Crippen LogP contribution in [0.5, 0.6) is 0 Å². The van der Waals surface area contributed by atoms with Gasteiger partial charge in [0, 0.05) is 12.3 Å². The molecule has 0 aromatic heterocycles. The fourth-order valence-corrected chi connectivity index (χ4v) is 3.57. The Morgan fingerprint density at radius 1 is 1.19 bits per heavy atom. The highest BCUT2D eigenvalue weighted by Gasteiger charge is 2.43. The molecule has 1 N–H and O–H groups in total. The van der Waals surface area contributed by atoms with Gasteiger partial charge in [-0.15, -0.1) is 0 Å². The van der Waals surface area contributed by atoms with Gasteiger partial charge in [-0.1, -0.05) is 36.8 Å². The minimum Gasteiger partial charge on any atom is -0.292 e. The molecule has 6 nitrogen and oxygen atoms in total. The lowest BCUT2D eigenvalue weighted by Gasteiger charge is -2.30. The van der Waals surface area contributed by atoms with Gasteiger partial charge in [-0.05, 0) is 50.7 Å². The number of barbiturate groups is 1. The Balaban J connectivity index is 1.78. The second-order valence-corrected chi connectivity index (χ2v) is 6.82. The minimum atomic E-state index is -1.05. The molecule has 142 valence electrons. The summed E-state index contributed by atoms with van der Waals surface area (Å²) in [5, 5.41) is 2.30. The SMILES string of the molecule is CCC(=NCCC1=CCCCC1)C1C(=O)NC(=O)N(c2ccccc2)C1=O. The van der Waals surface area contributed by atoms with Gasteiger partial charge in [0.05, 0.1) is 5.69 Å². The van der Waals surface area contributed by atoms with Crippen LogP contribution in [0.3, 0.4) is 0 Å². The summed E-state index contributed by atoms with van der Waals surface area (Å²) >= 11 is 0. The monoisotopic (exact) mass is 367 g/mol. The van der Waals surface area contributed by atoms with E-state index in [-0.39, 0.29) is 0 Å². The number of aliphatic imine (C=N–C) groups is 1. The number of amides is 4. The number of allylic oxidation sites excluding steroid dienone is 1. The maximum Gasteiger partial charge on any atom is 0.335 e. The molecule has 3 rings (SSSR count). The van der Waals surface area contributed by atoms with E-state index in [2.05, 4.69) is 16.4 Å². The number of carbonyl (C=O) groups excluding carboxylic acids is 3. The van der Waals surface area contributed by atoms with Crippen molar-refractivity contribution >= 4 is 29.2 Å². The molecule has 1 aromatic carbocycles. The Morgan fingerprint density at radius 2 is 1.96 bits per heavy atom. The molecule has 2 aliphatic rings. The van der Waals surface area contributed by atoms with E-state index in [1.54, 1.807) is 30.3 Å². The Kier molecular flexibility index (Phi) is 6.16. The third-order valence-corrected chi connectivity index (χ3v) is 5.01. The van der Waals surface area contributed by atoms with Crippen LogP contribution in [-0.2, 0) is 9.59 Å². The highest BCUT2D eigenvalue weighted by atomic mass is 16.2. The molecule has 27 heavy (non-hydrogen) atoms. The number of carbonyl (C=O) groups is 3. The molecule has 1 aromatic rings. The van der Waals surface area contributed by atoms with Gasteiger partial charge < -0.3 is 0 Å². The molecule has 1 aliphatic heterocycles. The fourth-order valence-electron chi connectivity index (χ4n) is 3.57. The van der Waals surface area contributed by atoms with Crippen LogP contribution in [-0.4, -0.2) is 30.1 Å². The molecular weight excluding hydrogens is 342 g/mol. The number of benzene rings is 1. The Bertz CT molecular complexity index is 783. The summed E-state index contributed by atoms with van der Waals surface area (Å²) in [7, 11) is 0. The lowest BCUT2D eigenvalue weighted by atomic mass is 9.95. The lowest BCUT2D eigenvalue weighted by molar-refractivity contribution is -0.131. The van der Waals surface area contributed by atoms with Crippen molar-refractivity contribution in [2.45, 2.75) is 45.4 Å². The molecule has 1 saturated heterocycles. The van der Waals surface area contributed by atoms with Crippen molar-refractivity contribution in [2.24, 2.45) is 10.9 Å². The Hall–Kier alpha value is -2.76. The molecule has 0 bridgehead atoms. The predicted molar refractivity (Wildman–Crippen MR) is 105 cm³/mol. The minimum absolute atomic E-state index is 0.445. The highest BCUT2D eigenvalue weighted by Crippen LogP contribution is 2.23. The number of urea groups is 1. The van der Waals surface area contributed by atoms with Gasteiger partial charge in [-0.3, -0.25) is 19.9 Å². The van der Waals surface area contributed by atoms with Crippen LogP contribution in [0.25, 0.3) is 0 Å². The van der Waals surface area contributed by atoms with Crippen LogP contribution in [0.4, 0.5) is 10.5 Å².